The highest BCUT2D eigenvalue weighted by atomic mass is 127. The van der Waals surface area contributed by atoms with Crippen LogP contribution >= 0.6 is 24.0 Å². The van der Waals surface area contributed by atoms with Gasteiger partial charge in [-0.2, -0.15) is 0 Å². The fourth-order valence-corrected chi connectivity index (χ4v) is 2.91. The molecule has 6 nitrogen and oxygen atoms in total. The van der Waals surface area contributed by atoms with Crippen LogP contribution < -0.4 is 15.4 Å². The molecular weight excluding hydrogens is 491 g/mol. The lowest BCUT2D eigenvalue weighted by molar-refractivity contribution is 0.0939. The van der Waals surface area contributed by atoms with Crippen LogP contribution in [0.1, 0.15) is 41.8 Å². The maximum atomic E-state index is 12.2. The zero-order valence-corrected chi connectivity index (χ0v) is 20.8. The van der Waals surface area contributed by atoms with Crippen molar-refractivity contribution in [1.82, 2.24) is 15.5 Å². The van der Waals surface area contributed by atoms with Crippen molar-refractivity contribution in [2.24, 2.45) is 4.99 Å². The second-order valence-corrected chi connectivity index (χ2v) is 7.05. The number of amides is 1. The third-order valence-corrected chi connectivity index (χ3v) is 4.83. The second-order valence-electron chi connectivity index (χ2n) is 7.05. The Morgan fingerprint density at radius 1 is 1.17 bits per heavy atom. The van der Waals surface area contributed by atoms with Crippen LogP contribution in [0.2, 0.25) is 0 Å². The van der Waals surface area contributed by atoms with Crippen molar-refractivity contribution in [3.63, 3.8) is 0 Å². The van der Waals surface area contributed by atoms with Gasteiger partial charge in [-0.3, -0.25) is 9.79 Å². The van der Waals surface area contributed by atoms with Crippen molar-refractivity contribution in [1.29, 1.82) is 0 Å². The average molecular weight is 524 g/mol. The van der Waals surface area contributed by atoms with E-state index in [1.807, 2.05) is 67.4 Å². The molecule has 2 aromatic rings. The Bertz CT molecular complexity index is 824. The molecule has 0 radical (unpaired) electrons. The molecule has 1 atom stereocenters. The number of aliphatic imine (C=N–C) groups is 1. The molecule has 30 heavy (non-hydrogen) atoms. The Morgan fingerprint density at radius 3 is 2.43 bits per heavy atom. The number of rotatable bonds is 8. The number of nitrogens with one attached hydrogen (secondary N) is 2. The maximum Gasteiger partial charge on any atom is 0.251 e. The number of benzene rings is 2. The first-order valence-corrected chi connectivity index (χ1v) is 9.92. The molecule has 1 amide bonds. The summed E-state index contributed by atoms with van der Waals surface area (Å²) in [6.45, 7) is 5.36. The summed E-state index contributed by atoms with van der Waals surface area (Å²) in [5.41, 5.74) is 2.85. The van der Waals surface area contributed by atoms with E-state index in [0.717, 1.165) is 29.3 Å². The van der Waals surface area contributed by atoms with Crippen LogP contribution in [0.25, 0.3) is 0 Å². The topological polar surface area (TPSA) is 66.0 Å². The van der Waals surface area contributed by atoms with Gasteiger partial charge in [-0.1, -0.05) is 37.3 Å². The lowest BCUT2D eigenvalue weighted by atomic mass is 10.1. The highest BCUT2D eigenvalue weighted by molar-refractivity contribution is 14.0. The SMILES string of the molecule is CCC(C)NC(=O)c1ccc(CNC(=NC)N(C)Cc2ccccc2OC)cc1.I. The lowest BCUT2D eigenvalue weighted by Crippen LogP contribution is -2.38. The number of carbonyl (C=O) groups excluding carboxylic acids is 1. The molecular formula is C23H33IN4O2. The number of para-hydroxylation sites is 1. The number of hydrogen-bond acceptors (Lipinski definition) is 3. The van der Waals surface area contributed by atoms with Crippen LogP contribution in [0.15, 0.2) is 53.5 Å². The maximum absolute atomic E-state index is 12.2. The second kappa shape index (κ2) is 13.1. The third-order valence-electron chi connectivity index (χ3n) is 4.83. The Morgan fingerprint density at radius 2 is 1.83 bits per heavy atom. The molecule has 0 aliphatic carbocycles. The van der Waals surface area contributed by atoms with Crippen molar-refractivity contribution in [2.75, 3.05) is 21.2 Å². The number of methoxy groups -OCH3 is 1. The monoisotopic (exact) mass is 524 g/mol. The number of hydrogen-bond donors (Lipinski definition) is 2. The Balaban J connectivity index is 0.00000450. The molecule has 0 saturated carbocycles. The lowest BCUT2D eigenvalue weighted by Gasteiger charge is -2.23. The van der Waals surface area contributed by atoms with Gasteiger partial charge < -0.3 is 20.3 Å². The molecule has 1 unspecified atom stereocenters. The first kappa shape index (κ1) is 25.7. The zero-order chi connectivity index (χ0) is 21.2. The predicted octanol–water partition coefficient (Wildman–Crippen LogP) is 4.05. The minimum atomic E-state index is -0.0359. The minimum absolute atomic E-state index is 0. The summed E-state index contributed by atoms with van der Waals surface area (Å²) in [7, 11) is 5.44. The zero-order valence-electron chi connectivity index (χ0n) is 18.4. The summed E-state index contributed by atoms with van der Waals surface area (Å²) in [4.78, 5) is 18.6. The highest BCUT2D eigenvalue weighted by Gasteiger charge is 2.11. The molecule has 0 aliphatic heterocycles. The summed E-state index contributed by atoms with van der Waals surface area (Å²) < 4.78 is 5.43. The van der Waals surface area contributed by atoms with Crippen molar-refractivity contribution >= 4 is 35.8 Å². The Labute approximate surface area is 197 Å². The standard InChI is InChI=1S/C23H32N4O2.HI/c1-6-17(2)26-22(28)19-13-11-18(12-14-19)15-25-23(24-3)27(4)16-20-9-7-8-10-21(20)29-5;/h7-14,17H,6,15-16H2,1-5H3,(H,24,25)(H,26,28);1H. The molecule has 0 heterocycles. The van der Waals surface area contributed by atoms with Gasteiger partial charge >= 0.3 is 0 Å². The molecule has 0 aromatic heterocycles. The largest absolute Gasteiger partial charge is 0.496 e. The third kappa shape index (κ3) is 7.51. The predicted molar refractivity (Wildman–Crippen MR) is 134 cm³/mol. The van der Waals surface area contributed by atoms with E-state index >= 15 is 0 Å². The van der Waals surface area contributed by atoms with E-state index in [-0.39, 0.29) is 35.9 Å². The number of guanidine groups is 1. The molecule has 164 valence electrons. The molecule has 0 aliphatic rings. The number of carbonyl (C=O) groups is 1. The normalized spacial score (nSPS) is 11.8. The number of ether oxygens (including phenoxy) is 1. The van der Waals surface area contributed by atoms with Crippen LogP contribution in [0.4, 0.5) is 0 Å². The van der Waals surface area contributed by atoms with Crippen molar-refractivity contribution in [3.05, 3.63) is 65.2 Å². The van der Waals surface area contributed by atoms with E-state index < -0.39 is 0 Å². The first-order chi connectivity index (χ1) is 14.0. The van der Waals surface area contributed by atoms with Crippen LogP contribution in [0.5, 0.6) is 5.75 Å². The van der Waals surface area contributed by atoms with E-state index in [1.54, 1.807) is 14.2 Å². The Kier molecular flexibility index (Phi) is 11.2. The fraction of sp³-hybridized carbons (Fsp3) is 0.391. The van der Waals surface area contributed by atoms with Gasteiger partial charge in [0.1, 0.15) is 5.75 Å². The van der Waals surface area contributed by atoms with Crippen molar-refractivity contribution < 1.29 is 9.53 Å². The molecule has 2 aromatic carbocycles. The van der Waals surface area contributed by atoms with Gasteiger partial charge in [0.15, 0.2) is 5.96 Å². The fourth-order valence-electron chi connectivity index (χ4n) is 2.91. The minimum Gasteiger partial charge on any atom is -0.496 e. The molecule has 0 spiro atoms. The van der Waals surface area contributed by atoms with Crippen LogP contribution in [0.3, 0.4) is 0 Å². The number of halogens is 1. The van der Waals surface area contributed by atoms with E-state index in [2.05, 4.69) is 22.5 Å². The highest BCUT2D eigenvalue weighted by Crippen LogP contribution is 2.18. The van der Waals surface area contributed by atoms with E-state index in [1.165, 1.54) is 0 Å². The van der Waals surface area contributed by atoms with E-state index in [4.69, 9.17) is 4.74 Å². The van der Waals surface area contributed by atoms with Crippen LogP contribution in [-0.4, -0.2) is 44.0 Å². The summed E-state index contributed by atoms with van der Waals surface area (Å²) in [5, 5.41) is 6.35. The van der Waals surface area contributed by atoms with Gasteiger partial charge in [0.25, 0.3) is 5.91 Å². The molecule has 0 bridgehead atoms. The van der Waals surface area contributed by atoms with Gasteiger partial charge in [0.2, 0.25) is 0 Å². The van der Waals surface area contributed by atoms with E-state index in [9.17, 15) is 4.79 Å². The Hall–Kier alpha value is -2.29. The number of nitrogens with zero attached hydrogens (tertiary/aromatic N) is 2. The molecule has 0 fully saturated rings. The van der Waals surface area contributed by atoms with Gasteiger partial charge in [0, 0.05) is 44.4 Å². The molecule has 7 heteroatoms. The summed E-state index contributed by atoms with van der Waals surface area (Å²) in [6.07, 6.45) is 0.912. The van der Waals surface area contributed by atoms with Gasteiger partial charge in [0.05, 0.1) is 7.11 Å². The van der Waals surface area contributed by atoms with Gasteiger partial charge in [-0.25, -0.2) is 0 Å². The quantitative estimate of drug-likeness (QED) is 0.311. The van der Waals surface area contributed by atoms with Crippen molar-refractivity contribution in [3.8, 4) is 5.75 Å². The smallest absolute Gasteiger partial charge is 0.251 e. The molecule has 2 rings (SSSR count). The molecule has 0 saturated heterocycles. The van der Waals surface area contributed by atoms with Crippen LogP contribution in [-0.2, 0) is 13.1 Å². The van der Waals surface area contributed by atoms with Crippen molar-refractivity contribution in [2.45, 2.75) is 39.4 Å². The van der Waals surface area contributed by atoms with Gasteiger partial charge in [-0.15, -0.1) is 24.0 Å². The summed E-state index contributed by atoms with van der Waals surface area (Å²) in [6, 6.07) is 15.8. The van der Waals surface area contributed by atoms with Gasteiger partial charge in [-0.05, 0) is 37.1 Å². The van der Waals surface area contributed by atoms with Crippen LogP contribution in [0, 0.1) is 0 Å². The first-order valence-electron chi connectivity index (χ1n) is 9.92. The summed E-state index contributed by atoms with van der Waals surface area (Å²) in [5.74, 6) is 1.61. The molecule has 2 N–H and O–H groups in total. The van der Waals surface area contributed by atoms with E-state index in [0.29, 0.717) is 18.7 Å². The average Bonchev–Trinajstić information content (AvgIpc) is 2.74. The summed E-state index contributed by atoms with van der Waals surface area (Å²) >= 11 is 0.